The Labute approximate surface area is 122 Å². The first-order chi connectivity index (χ1) is 4.13. The van der Waals surface area contributed by atoms with E-state index in [1.54, 1.807) is 11.8 Å². The molecule has 2 radical (unpaired) electrons. The van der Waals surface area contributed by atoms with Gasteiger partial charge in [-0.05, 0) is 0 Å². The van der Waals surface area contributed by atoms with Gasteiger partial charge in [0.1, 0.15) is 0 Å². The van der Waals surface area contributed by atoms with Gasteiger partial charge in [-0.3, -0.25) is 0 Å². The Morgan fingerprint density at radius 2 is 1.00 bits per heavy atom. The van der Waals surface area contributed by atoms with Crippen molar-refractivity contribution in [3.05, 3.63) is 11.8 Å². The molecule has 0 rings (SSSR count). The van der Waals surface area contributed by atoms with Gasteiger partial charge in [0.2, 0.25) is 0 Å². The third-order valence-electron chi connectivity index (χ3n) is 1.35. The van der Waals surface area contributed by atoms with Gasteiger partial charge in [0, 0.05) is 65.4 Å². The zero-order valence-electron chi connectivity index (χ0n) is 8.28. The van der Waals surface area contributed by atoms with Crippen LogP contribution in [0.15, 0.2) is 0 Å². The maximum absolute atomic E-state index is 2.20. The Morgan fingerprint density at radius 1 is 0.727 bits per heavy atom. The first-order valence-electron chi connectivity index (χ1n) is 3.71. The van der Waals surface area contributed by atoms with E-state index in [0.717, 1.165) is 0 Å². The molecule has 0 atom stereocenters. The normalized spacial score (nSPS) is 9.27. The van der Waals surface area contributed by atoms with Gasteiger partial charge in [0.15, 0.2) is 0 Å². The maximum atomic E-state index is 2.20. The van der Waals surface area contributed by atoms with Gasteiger partial charge in [-0.15, -0.1) is 6.42 Å². The van der Waals surface area contributed by atoms with Crippen LogP contribution in [0, 0.1) is 11.8 Å². The van der Waals surface area contributed by atoms with Crippen LogP contribution in [0.3, 0.4) is 0 Å². The van der Waals surface area contributed by atoms with E-state index in [9.17, 15) is 0 Å². The summed E-state index contributed by atoms with van der Waals surface area (Å²) in [6.07, 6.45) is 3.93. The second kappa shape index (κ2) is 12.2. The summed E-state index contributed by atoms with van der Waals surface area (Å²) in [5.74, 6) is 3.10. The predicted molar refractivity (Wildman–Crippen MR) is 43.0 cm³/mol. The topological polar surface area (TPSA) is 0 Å². The fraction of sp³-hybridized carbons (Fsp3) is 0.778. The molecule has 0 unspecified atom stereocenters. The van der Waals surface area contributed by atoms with Crippen LogP contribution in [-0.2, 0) is 65.4 Å². The quantitative estimate of drug-likeness (QED) is 0.699. The Kier molecular flexibility index (Phi) is 21.0. The summed E-state index contributed by atoms with van der Waals surface area (Å²) >= 11 is 0. The van der Waals surface area contributed by atoms with Gasteiger partial charge >= 0.3 is 0 Å². The van der Waals surface area contributed by atoms with E-state index in [1.165, 1.54) is 19.3 Å². The van der Waals surface area contributed by atoms with Crippen molar-refractivity contribution in [2.75, 3.05) is 0 Å². The molecule has 0 aromatic heterocycles. The Bertz CT molecular complexity index is 52.6. The molecule has 0 aliphatic rings. The first kappa shape index (κ1) is 18.9. The molecule has 0 spiro atoms. The summed E-state index contributed by atoms with van der Waals surface area (Å²) in [6.45, 7) is 8.80. The minimum absolute atomic E-state index is 0. The van der Waals surface area contributed by atoms with E-state index in [0.29, 0.717) is 0 Å². The fourth-order valence-electron chi connectivity index (χ4n) is 0.795. The van der Waals surface area contributed by atoms with Crippen LogP contribution >= 0.6 is 0 Å². The molecule has 0 amide bonds. The molecule has 0 nitrogen and oxygen atoms in total. The van der Waals surface area contributed by atoms with Crippen LogP contribution in [0.25, 0.3) is 0 Å². The molecular weight excluding hydrogens is 286 g/mol. The Balaban J connectivity index is -0.000000320. The molecule has 0 aliphatic heterocycles. The Hall–Kier alpha value is 2.21. The van der Waals surface area contributed by atoms with Crippen molar-refractivity contribution >= 4 is 0 Å². The minimum Gasteiger partial charge on any atom is -0.320 e. The van der Waals surface area contributed by atoms with Crippen molar-refractivity contribution in [1.82, 2.24) is 0 Å². The van der Waals surface area contributed by atoms with Crippen LogP contribution in [0.2, 0.25) is 0 Å². The molecule has 2 heteroatoms. The summed E-state index contributed by atoms with van der Waals surface area (Å²) in [5.41, 5.74) is 0. The standard InChI is InChI=1S/C9H18.2Y/c1-8(2)6-5-7-9(3)4;;/h5-7H2,1-4H3;;/q-2;;. The van der Waals surface area contributed by atoms with Crippen molar-refractivity contribution in [3.8, 4) is 0 Å². The molecule has 0 aromatic carbocycles. The van der Waals surface area contributed by atoms with Crippen LogP contribution < -0.4 is 0 Å². The number of rotatable bonds is 4. The van der Waals surface area contributed by atoms with E-state index in [-0.39, 0.29) is 65.4 Å². The summed E-state index contributed by atoms with van der Waals surface area (Å²) < 4.78 is 0. The predicted octanol–water partition coefficient (Wildman–Crippen LogP) is 3.38. The fourth-order valence-corrected chi connectivity index (χ4v) is 0.795. The third kappa shape index (κ3) is 18.9. The van der Waals surface area contributed by atoms with Gasteiger partial charge in [-0.25, -0.2) is 0 Å². The molecule has 11 heavy (non-hydrogen) atoms. The average molecular weight is 304 g/mol. The molecule has 0 N–H and O–H groups in total. The van der Waals surface area contributed by atoms with Gasteiger partial charge in [-0.2, -0.15) is 40.5 Å². The number of hydrogen-bond donors (Lipinski definition) is 0. The molecule has 0 bridgehead atoms. The van der Waals surface area contributed by atoms with E-state index in [1.807, 2.05) is 0 Å². The van der Waals surface area contributed by atoms with Crippen molar-refractivity contribution < 1.29 is 65.4 Å². The molecular formula is C9H18Y2-2. The molecule has 62 valence electrons. The van der Waals surface area contributed by atoms with Gasteiger partial charge in [0.25, 0.3) is 0 Å². The van der Waals surface area contributed by atoms with E-state index < -0.39 is 0 Å². The molecule has 0 heterocycles. The second-order valence-electron chi connectivity index (χ2n) is 3.27. The van der Waals surface area contributed by atoms with Crippen LogP contribution in [0.1, 0.15) is 47.0 Å². The van der Waals surface area contributed by atoms with Crippen molar-refractivity contribution in [2.24, 2.45) is 0 Å². The average Bonchev–Trinajstić information content (AvgIpc) is 1.63. The summed E-state index contributed by atoms with van der Waals surface area (Å²) in [5, 5.41) is 0. The zero-order chi connectivity index (χ0) is 7.28. The molecule has 0 saturated heterocycles. The Morgan fingerprint density at radius 3 is 1.18 bits per heavy atom. The third-order valence-corrected chi connectivity index (χ3v) is 1.35. The maximum Gasteiger partial charge on any atom is 0 e. The smallest absolute Gasteiger partial charge is 0 e. The van der Waals surface area contributed by atoms with E-state index in [4.69, 9.17) is 0 Å². The van der Waals surface area contributed by atoms with E-state index in [2.05, 4.69) is 27.7 Å². The minimum atomic E-state index is 0. The molecule has 0 aliphatic carbocycles. The zero-order valence-corrected chi connectivity index (χ0v) is 14.0. The van der Waals surface area contributed by atoms with Crippen molar-refractivity contribution in [3.63, 3.8) is 0 Å². The van der Waals surface area contributed by atoms with Gasteiger partial charge < -0.3 is 11.8 Å². The monoisotopic (exact) mass is 304 g/mol. The van der Waals surface area contributed by atoms with Gasteiger partial charge in [0.05, 0.1) is 0 Å². The first-order valence-corrected chi connectivity index (χ1v) is 3.71. The molecule has 0 fully saturated rings. The van der Waals surface area contributed by atoms with Crippen LogP contribution in [0.4, 0.5) is 0 Å². The SMILES string of the molecule is C[C-](C)CCC[C-](C)C.[Y].[Y]. The molecule has 0 saturated carbocycles. The summed E-state index contributed by atoms with van der Waals surface area (Å²) in [6, 6.07) is 0. The van der Waals surface area contributed by atoms with Crippen molar-refractivity contribution in [2.45, 2.75) is 47.0 Å². The van der Waals surface area contributed by atoms with Gasteiger partial charge in [-0.1, -0.05) is 0 Å². The van der Waals surface area contributed by atoms with E-state index >= 15 is 0 Å². The molecule has 0 aromatic rings. The summed E-state index contributed by atoms with van der Waals surface area (Å²) in [7, 11) is 0. The number of hydrogen-bond acceptors (Lipinski definition) is 0. The summed E-state index contributed by atoms with van der Waals surface area (Å²) in [4.78, 5) is 0. The van der Waals surface area contributed by atoms with Crippen molar-refractivity contribution in [1.29, 1.82) is 0 Å². The van der Waals surface area contributed by atoms with Crippen LogP contribution in [0.5, 0.6) is 0 Å². The largest absolute Gasteiger partial charge is 0.320 e. The van der Waals surface area contributed by atoms with Crippen LogP contribution in [-0.4, -0.2) is 0 Å². The second-order valence-corrected chi connectivity index (χ2v) is 3.27.